The van der Waals surface area contributed by atoms with E-state index < -0.39 is 0 Å². The van der Waals surface area contributed by atoms with E-state index >= 15 is 0 Å². The Morgan fingerprint density at radius 3 is 2.59 bits per heavy atom. The number of ether oxygens (including phenoxy) is 1. The van der Waals surface area contributed by atoms with Crippen molar-refractivity contribution in [2.75, 3.05) is 29.9 Å². The van der Waals surface area contributed by atoms with E-state index in [9.17, 15) is 4.79 Å². The summed E-state index contributed by atoms with van der Waals surface area (Å²) in [6.07, 6.45) is 5.44. The van der Waals surface area contributed by atoms with Gasteiger partial charge in [0.05, 0.1) is 17.8 Å². The third-order valence-corrected chi connectivity index (χ3v) is 5.45. The number of rotatable bonds is 5. The summed E-state index contributed by atoms with van der Waals surface area (Å²) in [6, 6.07) is 14.4. The van der Waals surface area contributed by atoms with Crippen LogP contribution >= 0.6 is 0 Å². The molecule has 0 unspecified atom stereocenters. The minimum Gasteiger partial charge on any atom is -0.462 e. The number of hydrogen-bond donors (Lipinski definition) is 1. The highest BCUT2D eigenvalue weighted by atomic mass is 16.5. The lowest BCUT2D eigenvalue weighted by atomic mass is 10.1. The van der Waals surface area contributed by atoms with Crippen molar-refractivity contribution in [2.24, 2.45) is 0 Å². The number of fused-ring (bicyclic) bond motifs is 1. The number of anilines is 3. The molecule has 0 amide bonds. The van der Waals surface area contributed by atoms with Crippen molar-refractivity contribution in [3.63, 3.8) is 0 Å². The van der Waals surface area contributed by atoms with Crippen LogP contribution in [0.2, 0.25) is 0 Å². The van der Waals surface area contributed by atoms with Crippen molar-refractivity contribution in [3.05, 3.63) is 59.8 Å². The molecule has 0 saturated carbocycles. The van der Waals surface area contributed by atoms with E-state index in [1.165, 1.54) is 24.9 Å². The molecular formula is C24H27N3O2. The number of aryl methyl sites for hydroxylation is 1. The molecule has 2 heterocycles. The predicted octanol–water partition coefficient (Wildman–Crippen LogP) is 5.45. The molecule has 3 aromatic rings. The smallest absolute Gasteiger partial charge is 0.341 e. The average molecular weight is 389 g/mol. The second kappa shape index (κ2) is 8.52. The Bertz CT molecular complexity index is 1010. The van der Waals surface area contributed by atoms with Gasteiger partial charge < -0.3 is 15.0 Å². The van der Waals surface area contributed by atoms with Gasteiger partial charge in [-0.15, -0.1) is 0 Å². The molecular weight excluding hydrogens is 362 g/mol. The van der Waals surface area contributed by atoms with Gasteiger partial charge in [0.25, 0.3) is 0 Å². The number of carbonyl (C=O) groups is 1. The van der Waals surface area contributed by atoms with Crippen molar-refractivity contribution >= 4 is 33.9 Å². The van der Waals surface area contributed by atoms with Crippen LogP contribution in [0, 0.1) is 6.92 Å². The summed E-state index contributed by atoms with van der Waals surface area (Å²) in [4.78, 5) is 19.5. The van der Waals surface area contributed by atoms with Gasteiger partial charge in [0.15, 0.2) is 0 Å². The third kappa shape index (κ3) is 4.04. The van der Waals surface area contributed by atoms with Crippen molar-refractivity contribution in [2.45, 2.75) is 33.1 Å². The molecule has 0 aliphatic carbocycles. The molecule has 4 rings (SSSR count). The zero-order valence-corrected chi connectivity index (χ0v) is 17.1. The first-order valence-corrected chi connectivity index (χ1v) is 10.3. The molecule has 5 nitrogen and oxygen atoms in total. The topological polar surface area (TPSA) is 54.5 Å². The molecule has 0 bridgehead atoms. The molecule has 0 spiro atoms. The average Bonchev–Trinajstić information content (AvgIpc) is 2.76. The SMILES string of the molecule is CCOC(=O)c1cnc2c(C)cccc2c1Nc1ccc(N2CCCCC2)cc1. The van der Waals surface area contributed by atoms with Crippen LogP contribution in [-0.4, -0.2) is 30.6 Å². The van der Waals surface area contributed by atoms with Gasteiger partial charge in [-0.25, -0.2) is 4.79 Å². The fourth-order valence-electron chi connectivity index (χ4n) is 3.92. The van der Waals surface area contributed by atoms with Crippen LogP contribution in [0.4, 0.5) is 17.1 Å². The molecule has 1 fully saturated rings. The van der Waals surface area contributed by atoms with Crippen LogP contribution in [0.5, 0.6) is 0 Å². The molecule has 1 saturated heterocycles. The number of hydrogen-bond acceptors (Lipinski definition) is 5. The molecule has 0 radical (unpaired) electrons. The molecule has 0 atom stereocenters. The van der Waals surface area contributed by atoms with Gasteiger partial charge in [0, 0.05) is 36.0 Å². The maximum atomic E-state index is 12.5. The minimum atomic E-state index is -0.365. The van der Waals surface area contributed by atoms with Crippen LogP contribution in [0.15, 0.2) is 48.7 Å². The lowest BCUT2D eigenvalue weighted by Gasteiger charge is -2.29. The van der Waals surface area contributed by atoms with E-state index in [1.807, 2.05) is 32.0 Å². The lowest BCUT2D eigenvalue weighted by Crippen LogP contribution is -2.29. The summed E-state index contributed by atoms with van der Waals surface area (Å²) in [5.41, 5.74) is 5.32. The summed E-state index contributed by atoms with van der Waals surface area (Å²) < 4.78 is 5.26. The van der Waals surface area contributed by atoms with E-state index in [0.29, 0.717) is 12.2 Å². The highest BCUT2D eigenvalue weighted by molar-refractivity contribution is 6.06. The van der Waals surface area contributed by atoms with E-state index in [0.717, 1.165) is 40.9 Å². The summed E-state index contributed by atoms with van der Waals surface area (Å²) in [7, 11) is 0. The zero-order valence-electron chi connectivity index (χ0n) is 17.1. The first-order chi connectivity index (χ1) is 14.2. The predicted molar refractivity (Wildman–Crippen MR) is 118 cm³/mol. The van der Waals surface area contributed by atoms with E-state index in [4.69, 9.17) is 4.74 Å². The van der Waals surface area contributed by atoms with Crippen molar-refractivity contribution in [1.82, 2.24) is 4.98 Å². The highest BCUT2D eigenvalue weighted by Gasteiger charge is 2.18. The molecule has 5 heteroatoms. The molecule has 1 aliphatic rings. The fraction of sp³-hybridized carbons (Fsp3) is 0.333. The molecule has 2 aromatic carbocycles. The van der Waals surface area contributed by atoms with Crippen LogP contribution in [0.1, 0.15) is 42.1 Å². The van der Waals surface area contributed by atoms with Crippen LogP contribution in [0.25, 0.3) is 10.9 Å². The number of piperidine rings is 1. The van der Waals surface area contributed by atoms with Gasteiger partial charge in [0.2, 0.25) is 0 Å². The van der Waals surface area contributed by atoms with Crippen molar-refractivity contribution in [1.29, 1.82) is 0 Å². The molecule has 29 heavy (non-hydrogen) atoms. The van der Waals surface area contributed by atoms with Crippen molar-refractivity contribution in [3.8, 4) is 0 Å². The van der Waals surface area contributed by atoms with Gasteiger partial charge in [-0.2, -0.15) is 0 Å². The first-order valence-electron chi connectivity index (χ1n) is 10.3. The van der Waals surface area contributed by atoms with E-state index in [2.05, 4.69) is 39.5 Å². The zero-order chi connectivity index (χ0) is 20.2. The number of benzene rings is 2. The van der Waals surface area contributed by atoms with Crippen LogP contribution in [-0.2, 0) is 4.74 Å². The lowest BCUT2D eigenvalue weighted by molar-refractivity contribution is 0.0527. The van der Waals surface area contributed by atoms with E-state index in [1.54, 1.807) is 6.20 Å². The van der Waals surface area contributed by atoms with Crippen LogP contribution in [0.3, 0.4) is 0 Å². The highest BCUT2D eigenvalue weighted by Crippen LogP contribution is 2.32. The largest absolute Gasteiger partial charge is 0.462 e. The Kier molecular flexibility index (Phi) is 5.65. The third-order valence-electron chi connectivity index (χ3n) is 5.45. The monoisotopic (exact) mass is 389 g/mol. The molecule has 150 valence electrons. The Labute approximate surface area is 171 Å². The quantitative estimate of drug-likeness (QED) is 0.588. The van der Waals surface area contributed by atoms with Crippen molar-refractivity contribution < 1.29 is 9.53 Å². The number of carbonyl (C=O) groups excluding carboxylic acids is 1. The number of pyridine rings is 1. The van der Waals surface area contributed by atoms with Gasteiger partial charge in [-0.1, -0.05) is 18.2 Å². The Morgan fingerprint density at radius 1 is 1.10 bits per heavy atom. The summed E-state index contributed by atoms with van der Waals surface area (Å²) >= 11 is 0. The Balaban J connectivity index is 1.69. The summed E-state index contributed by atoms with van der Waals surface area (Å²) in [5, 5.41) is 4.37. The van der Waals surface area contributed by atoms with Crippen LogP contribution < -0.4 is 10.2 Å². The fourth-order valence-corrected chi connectivity index (χ4v) is 3.92. The van der Waals surface area contributed by atoms with Gasteiger partial charge in [-0.3, -0.25) is 4.98 Å². The second-order valence-corrected chi connectivity index (χ2v) is 7.46. The first kappa shape index (κ1) is 19.2. The Morgan fingerprint density at radius 2 is 1.86 bits per heavy atom. The maximum absolute atomic E-state index is 12.5. The molecule has 1 aliphatic heterocycles. The standard InChI is InChI=1S/C24H27N3O2/c1-3-29-24(28)21-16-25-22-17(2)8-7-9-20(22)23(21)26-18-10-12-19(13-11-18)27-14-5-4-6-15-27/h7-13,16H,3-6,14-15H2,1-2H3,(H,25,26). The number of aromatic nitrogens is 1. The minimum absolute atomic E-state index is 0.328. The molecule has 1 aromatic heterocycles. The number of nitrogens with zero attached hydrogens (tertiary/aromatic N) is 2. The van der Waals surface area contributed by atoms with Gasteiger partial charge in [-0.05, 0) is 62.9 Å². The summed E-state index contributed by atoms with van der Waals surface area (Å²) in [5.74, 6) is -0.365. The number of para-hydroxylation sites is 1. The van der Waals surface area contributed by atoms with Gasteiger partial charge in [0.1, 0.15) is 5.56 Å². The summed E-state index contributed by atoms with van der Waals surface area (Å²) in [6.45, 7) is 6.40. The van der Waals surface area contributed by atoms with Gasteiger partial charge >= 0.3 is 5.97 Å². The normalized spacial score (nSPS) is 14.1. The van der Waals surface area contributed by atoms with E-state index in [-0.39, 0.29) is 5.97 Å². The second-order valence-electron chi connectivity index (χ2n) is 7.46. The Hall–Kier alpha value is -3.08. The number of nitrogens with one attached hydrogen (secondary N) is 1. The maximum Gasteiger partial charge on any atom is 0.341 e. The number of esters is 1. The molecule has 1 N–H and O–H groups in total.